The van der Waals surface area contributed by atoms with Crippen molar-refractivity contribution in [2.75, 3.05) is 12.8 Å². The van der Waals surface area contributed by atoms with E-state index in [1.54, 1.807) is 9.58 Å². The number of hydrogen-bond donors (Lipinski definition) is 0. The van der Waals surface area contributed by atoms with Crippen LogP contribution >= 0.6 is 35.3 Å². The van der Waals surface area contributed by atoms with E-state index in [-0.39, 0.29) is 5.91 Å². The van der Waals surface area contributed by atoms with Crippen molar-refractivity contribution in [3.8, 4) is 5.69 Å². The third-order valence-electron chi connectivity index (χ3n) is 4.29. The summed E-state index contributed by atoms with van der Waals surface area (Å²) in [6, 6.07) is 16.1. The summed E-state index contributed by atoms with van der Waals surface area (Å²) in [4.78, 5) is 14.3. The van der Waals surface area contributed by atoms with Gasteiger partial charge in [-0.25, -0.2) is 4.68 Å². The Morgan fingerprint density at radius 2 is 1.81 bits per heavy atom. The smallest absolute Gasteiger partial charge is 0.233 e. The van der Waals surface area contributed by atoms with Gasteiger partial charge in [0.2, 0.25) is 5.91 Å². The molecular formula is C20H21N3OS3. The number of benzene rings is 2. The van der Waals surface area contributed by atoms with Gasteiger partial charge in [-0.05, 0) is 48.8 Å². The predicted molar refractivity (Wildman–Crippen MR) is 115 cm³/mol. The van der Waals surface area contributed by atoms with Crippen LogP contribution in [0.2, 0.25) is 0 Å². The van der Waals surface area contributed by atoms with Crippen molar-refractivity contribution >= 4 is 41.2 Å². The molecule has 0 saturated carbocycles. The van der Waals surface area contributed by atoms with Gasteiger partial charge in [0.05, 0.1) is 11.4 Å². The number of aromatic nitrogens is 2. The lowest BCUT2D eigenvalue weighted by Crippen LogP contribution is -2.28. The molecule has 0 aliphatic rings. The first-order valence-corrected chi connectivity index (χ1v) is 10.7. The van der Waals surface area contributed by atoms with Crippen LogP contribution < -0.4 is 0 Å². The van der Waals surface area contributed by atoms with Crippen molar-refractivity contribution in [2.45, 2.75) is 24.7 Å². The minimum atomic E-state index is 0.0758. The lowest BCUT2D eigenvalue weighted by atomic mass is 10.1. The van der Waals surface area contributed by atoms with Crippen LogP contribution in [0.1, 0.15) is 16.7 Å². The highest BCUT2D eigenvalue weighted by atomic mass is 32.2. The summed E-state index contributed by atoms with van der Waals surface area (Å²) in [5.41, 5.74) is 4.45. The van der Waals surface area contributed by atoms with E-state index >= 15 is 0 Å². The van der Waals surface area contributed by atoms with Crippen molar-refractivity contribution in [1.82, 2.24) is 14.7 Å². The number of rotatable bonds is 6. The van der Waals surface area contributed by atoms with Gasteiger partial charge >= 0.3 is 0 Å². The molecular weight excluding hydrogens is 394 g/mol. The fraction of sp³-hybridized carbons (Fsp3) is 0.250. The summed E-state index contributed by atoms with van der Waals surface area (Å²) < 4.78 is 3.27. The first kappa shape index (κ1) is 19.8. The summed E-state index contributed by atoms with van der Waals surface area (Å²) in [6.07, 6.45) is 0. The van der Waals surface area contributed by atoms with Crippen LogP contribution in [0.25, 0.3) is 5.69 Å². The average molecular weight is 416 g/mol. The minimum absolute atomic E-state index is 0.0758. The van der Waals surface area contributed by atoms with Crippen molar-refractivity contribution in [1.29, 1.82) is 0 Å². The maximum atomic E-state index is 12.5. The van der Waals surface area contributed by atoms with Gasteiger partial charge in [-0.1, -0.05) is 65.6 Å². The van der Waals surface area contributed by atoms with E-state index in [4.69, 9.17) is 12.2 Å². The number of para-hydroxylation sites is 1. The SMILES string of the molecule is Cc1ccccc1CN(C)C(=O)CSc1nn(-c2ccccc2C)c(=S)s1. The molecule has 0 N–H and O–H groups in total. The van der Waals surface area contributed by atoms with E-state index in [1.165, 1.54) is 28.7 Å². The molecule has 0 spiro atoms. The Balaban J connectivity index is 1.64. The molecule has 1 aromatic heterocycles. The molecule has 140 valence electrons. The van der Waals surface area contributed by atoms with Crippen molar-refractivity contribution < 1.29 is 4.79 Å². The third-order valence-corrected chi connectivity index (χ3v) is 6.64. The second kappa shape index (κ2) is 8.82. The first-order chi connectivity index (χ1) is 13.0. The quantitative estimate of drug-likeness (QED) is 0.418. The van der Waals surface area contributed by atoms with Crippen molar-refractivity contribution in [3.63, 3.8) is 0 Å². The highest BCUT2D eigenvalue weighted by molar-refractivity contribution is 8.01. The Morgan fingerprint density at radius 3 is 2.52 bits per heavy atom. The van der Waals surface area contributed by atoms with Gasteiger partial charge in [-0.15, -0.1) is 5.10 Å². The first-order valence-electron chi connectivity index (χ1n) is 8.53. The Hall–Kier alpha value is -1.96. The summed E-state index contributed by atoms with van der Waals surface area (Å²) >= 11 is 8.33. The average Bonchev–Trinajstić information content (AvgIpc) is 3.02. The fourth-order valence-electron chi connectivity index (χ4n) is 2.64. The molecule has 4 nitrogen and oxygen atoms in total. The van der Waals surface area contributed by atoms with Crippen LogP contribution in [0.5, 0.6) is 0 Å². The number of carbonyl (C=O) groups excluding carboxylic acids is 1. The van der Waals surface area contributed by atoms with E-state index in [9.17, 15) is 4.79 Å². The molecule has 7 heteroatoms. The second-order valence-electron chi connectivity index (χ2n) is 6.30. The summed E-state index contributed by atoms with van der Waals surface area (Å²) in [5.74, 6) is 0.421. The zero-order valence-corrected chi connectivity index (χ0v) is 18.0. The summed E-state index contributed by atoms with van der Waals surface area (Å²) in [6.45, 7) is 4.71. The normalized spacial score (nSPS) is 10.8. The lowest BCUT2D eigenvalue weighted by Gasteiger charge is -2.18. The maximum Gasteiger partial charge on any atom is 0.233 e. The summed E-state index contributed by atoms with van der Waals surface area (Å²) in [7, 11) is 1.84. The molecule has 0 atom stereocenters. The fourth-order valence-corrected chi connectivity index (χ4v) is 4.93. The molecule has 1 heterocycles. The molecule has 0 radical (unpaired) electrons. The molecule has 0 aliphatic heterocycles. The molecule has 1 amide bonds. The standard InChI is InChI=1S/C20H21N3OS3/c1-14-8-4-6-10-16(14)12-22(3)18(24)13-26-19-21-23(20(25)27-19)17-11-7-5-9-15(17)2/h4-11H,12-13H2,1-3H3. The number of nitrogens with zero attached hydrogens (tertiary/aromatic N) is 3. The number of thioether (sulfide) groups is 1. The van der Waals surface area contributed by atoms with Gasteiger partial charge in [-0.2, -0.15) is 0 Å². The molecule has 2 aromatic carbocycles. The highest BCUT2D eigenvalue weighted by Crippen LogP contribution is 2.25. The maximum absolute atomic E-state index is 12.5. The van der Waals surface area contributed by atoms with Crippen LogP contribution in [-0.2, 0) is 11.3 Å². The number of hydrogen-bond acceptors (Lipinski definition) is 5. The van der Waals surface area contributed by atoms with Gasteiger partial charge in [0, 0.05) is 13.6 Å². The van der Waals surface area contributed by atoms with Crippen molar-refractivity contribution in [3.05, 3.63) is 69.2 Å². The largest absolute Gasteiger partial charge is 0.341 e. The minimum Gasteiger partial charge on any atom is -0.341 e. The Bertz CT molecular complexity index is 1010. The zero-order valence-electron chi connectivity index (χ0n) is 15.5. The van der Waals surface area contributed by atoms with Gasteiger partial charge in [0.1, 0.15) is 0 Å². The van der Waals surface area contributed by atoms with E-state index < -0.39 is 0 Å². The molecule has 3 aromatic rings. The molecule has 0 fully saturated rings. The van der Waals surface area contributed by atoms with E-state index in [1.807, 2.05) is 50.4 Å². The molecule has 0 saturated heterocycles. The van der Waals surface area contributed by atoms with Gasteiger partial charge in [-0.3, -0.25) is 4.79 Å². The monoisotopic (exact) mass is 415 g/mol. The van der Waals surface area contributed by atoms with Gasteiger partial charge < -0.3 is 4.90 Å². The van der Waals surface area contributed by atoms with Crippen LogP contribution in [0.3, 0.4) is 0 Å². The molecule has 0 bridgehead atoms. The second-order valence-corrected chi connectivity index (χ2v) is 9.14. The van der Waals surface area contributed by atoms with Crippen molar-refractivity contribution in [2.24, 2.45) is 0 Å². The molecule has 27 heavy (non-hydrogen) atoms. The number of amides is 1. The Kier molecular flexibility index (Phi) is 6.46. The van der Waals surface area contributed by atoms with Crippen LogP contribution in [-0.4, -0.2) is 33.4 Å². The summed E-state index contributed by atoms with van der Waals surface area (Å²) in [5, 5.41) is 4.59. The predicted octanol–water partition coefficient (Wildman–Crippen LogP) is 5.03. The van der Waals surface area contributed by atoms with Gasteiger partial charge in [0.25, 0.3) is 0 Å². The van der Waals surface area contributed by atoms with E-state index in [2.05, 4.69) is 24.2 Å². The van der Waals surface area contributed by atoms with Gasteiger partial charge in [0.15, 0.2) is 8.29 Å². The van der Waals surface area contributed by atoms with Crippen LogP contribution in [0.4, 0.5) is 0 Å². The van der Waals surface area contributed by atoms with Crippen LogP contribution in [0, 0.1) is 17.8 Å². The van der Waals surface area contributed by atoms with Crippen LogP contribution in [0.15, 0.2) is 52.9 Å². The third kappa shape index (κ3) is 4.86. The number of aryl methyl sites for hydroxylation is 2. The Morgan fingerprint density at radius 1 is 1.15 bits per heavy atom. The highest BCUT2D eigenvalue weighted by Gasteiger charge is 2.14. The molecule has 0 unspecified atom stereocenters. The molecule has 3 rings (SSSR count). The zero-order chi connectivity index (χ0) is 19.4. The number of carbonyl (C=O) groups is 1. The van der Waals surface area contributed by atoms with E-state index in [0.29, 0.717) is 16.3 Å². The lowest BCUT2D eigenvalue weighted by molar-refractivity contribution is -0.127. The molecule has 0 aliphatic carbocycles. The van der Waals surface area contributed by atoms with E-state index in [0.717, 1.165) is 21.2 Å². The Labute approximate surface area is 172 Å². The topological polar surface area (TPSA) is 38.1 Å².